The lowest BCUT2D eigenvalue weighted by atomic mass is 9.88. The Morgan fingerprint density at radius 2 is 0.406 bits per heavy atom. The van der Waals surface area contributed by atoms with E-state index in [1.54, 1.807) is 156 Å². The number of carboxylic acids is 3. The van der Waals surface area contributed by atoms with Crippen LogP contribution in [0.2, 0.25) is 0 Å². The van der Waals surface area contributed by atoms with Crippen molar-refractivity contribution >= 4 is 72.5 Å². The van der Waals surface area contributed by atoms with Gasteiger partial charge >= 0.3 is 17.9 Å². The molecule has 21 heteroatoms. The van der Waals surface area contributed by atoms with E-state index in [0.717, 1.165) is 33.4 Å². The summed E-state index contributed by atoms with van der Waals surface area (Å²) in [5.74, 6) is -3.58. The van der Waals surface area contributed by atoms with Crippen molar-refractivity contribution in [3.8, 4) is 0 Å². The molecule has 6 rings (SSSR count). The molecule has 0 aliphatic rings. The van der Waals surface area contributed by atoms with Crippen molar-refractivity contribution in [2.45, 2.75) is 157 Å². The van der Waals surface area contributed by atoms with Gasteiger partial charge in [0.1, 0.15) is 0 Å². The molecule has 0 radical (unpaired) electrons. The van der Waals surface area contributed by atoms with E-state index < -0.39 is 116 Å². The van der Waals surface area contributed by atoms with Gasteiger partial charge in [-0.3, -0.25) is 43.2 Å². The molecular formula is C75H95O18P3. The Kier molecular flexibility index (Phi) is 29.7. The minimum atomic E-state index is -4.20. The summed E-state index contributed by atoms with van der Waals surface area (Å²) in [7, 11) is -12.6. The van der Waals surface area contributed by atoms with Crippen LogP contribution >= 0.6 is 21.4 Å². The number of aliphatic hydroxyl groups excluding tert-OH is 3. The quantitative estimate of drug-likeness (QED) is 0.0290. The Balaban J connectivity index is 0.000000352. The minimum Gasteiger partial charge on any atom is -0.481 e. The molecule has 18 nitrogen and oxygen atoms in total. The number of carbonyl (C=O) groups is 9. The molecule has 96 heavy (non-hydrogen) atoms. The van der Waals surface area contributed by atoms with E-state index in [1.807, 2.05) is 48.5 Å². The van der Waals surface area contributed by atoms with Gasteiger partial charge in [0.2, 0.25) is 54.6 Å². The minimum absolute atomic E-state index is 0.156. The first-order valence-corrected chi connectivity index (χ1v) is 37.1. The van der Waals surface area contributed by atoms with Crippen LogP contribution in [0.5, 0.6) is 0 Å². The summed E-state index contributed by atoms with van der Waals surface area (Å²) in [4.78, 5) is 114. The number of hydrogen-bond donors (Lipinski definition) is 6. The summed E-state index contributed by atoms with van der Waals surface area (Å²) in [6.07, 6.45) is -2.40. The van der Waals surface area contributed by atoms with E-state index in [2.05, 4.69) is 0 Å². The van der Waals surface area contributed by atoms with E-state index >= 15 is 0 Å². The molecular weight excluding hydrogens is 1280 g/mol. The Labute approximate surface area is 564 Å². The van der Waals surface area contributed by atoms with Gasteiger partial charge in [-0.2, -0.15) is 0 Å². The maximum Gasteiger partial charge on any atom is 0.303 e. The topological polar surface area (TPSA) is 326 Å². The van der Waals surface area contributed by atoms with Crippen LogP contribution in [0.3, 0.4) is 0 Å². The van der Waals surface area contributed by atoms with E-state index in [9.17, 15) is 56.8 Å². The highest BCUT2D eigenvalue weighted by Gasteiger charge is 2.46. The average Bonchev–Trinajstić information content (AvgIpc) is 0.778. The first-order chi connectivity index (χ1) is 44.4. The third kappa shape index (κ3) is 19.8. The molecule has 0 fully saturated rings. The highest BCUT2D eigenvalue weighted by atomic mass is 31.2. The van der Waals surface area contributed by atoms with Crippen molar-refractivity contribution < 1.29 is 87.5 Å². The van der Waals surface area contributed by atoms with Gasteiger partial charge in [-0.05, 0) is 198 Å². The number of aliphatic carboxylic acids is 3. The van der Waals surface area contributed by atoms with Gasteiger partial charge in [0.15, 0.2) is 0 Å². The van der Waals surface area contributed by atoms with E-state index in [-0.39, 0.29) is 53.2 Å². The van der Waals surface area contributed by atoms with Crippen molar-refractivity contribution in [2.24, 2.45) is 5.41 Å². The van der Waals surface area contributed by atoms with Gasteiger partial charge in [0, 0.05) is 57.3 Å². The highest BCUT2D eigenvalue weighted by Crippen LogP contribution is 2.57. The van der Waals surface area contributed by atoms with Crippen LogP contribution in [0.1, 0.15) is 195 Å². The number of rotatable bonds is 25. The monoisotopic (exact) mass is 1380 g/mol. The van der Waals surface area contributed by atoms with Gasteiger partial charge in [0.05, 0.1) is 39.1 Å². The van der Waals surface area contributed by atoms with Crippen LogP contribution in [-0.4, -0.2) is 120 Å². The Bertz CT molecular complexity index is 3420. The molecule has 0 atom stereocenters. The number of aryl methyl sites for hydroxylation is 18. The number of aliphatic hydroxyl groups is 3. The normalized spacial score (nSPS) is 11.4. The molecule has 0 saturated carbocycles. The lowest BCUT2D eigenvalue weighted by Gasteiger charge is -2.24. The first-order valence-electron chi connectivity index (χ1n) is 31.4. The van der Waals surface area contributed by atoms with Crippen molar-refractivity contribution in [2.75, 3.05) is 38.3 Å². The summed E-state index contributed by atoms with van der Waals surface area (Å²) >= 11 is 0. The van der Waals surface area contributed by atoms with Crippen molar-refractivity contribution in [3.63, 3.8) is 0 Å². The highest BCUT2D eigenvalue weighted by molar-refractivity contribution is 7.96. The van der Waals surface area contributed by atoms with Crippen molar-refractivity contribution in [3.05, 3.63) is 206 Å². The first kappa shape index (κ1) is 82.6. The van der Waals surface area contributed by atoms with Crippen molar-refractivity contribution in [1.82, 2.24) is 0 Å². The predicted octanol–water partition coefficient (Wildman–Crippen LogP) is 15.4. The fourth-order valence-corrected chi connectivity index (χ4v) is 19.9. The van der Waals surface area contributed by atoms with E-state index in [4.69, 9.17) is 30.6 Å². The van der Waals surface area contributed by atoms with E-state index in [1.165, 1.54) is 0 Å². The summed E-state index contributed by atoms with van der Waals surface area (Å²) < 4.78 is 41.8. The zero-order chi connectivity index (χ0) is 73.6. The Morgan fingerprint density at radius 1 is 0.281 bits per heavy atom. The molecule has 0 heterocycles. The van der Waals surface area contributed by atoms with Gasteiger partial charge in [-0.15, -0.1) is 0 Å². The fraction of sp³-hybridized carbons (Fsp3) is 0.400. The number of carboxylic acid groups (broad SMARTS) is 3. The summed E-state index contributed by atoms with van der Waals surface area (Å²) in [6.45, 7) is 33.6. The molecule has 6 aromatic carbocycles. The van der Waals surface area contributed by atoms with Crippen LogP contribution in [0.4, 0.5) is 0 Å². The second-order valence-electron chi connectivity index (χ2n) is 25.6. The second-order valence-corrected chi connectivity index (χ2v) is 33.8. The zero-order valence-corrected chi connectivity index (χ0v) is 61.6. The number of hydrogen-bond acceptors (Lipinski definition) is 15. The third-order valence-corrected chi connectivity index (χ3v) is 24.8. The van der Waals surface area contributed by atoms with Crippen LogP contribution in [-0.2, 0) is 28.1 Å². The van der Waals surface area contributed by atoms with Crippen LogP contribution in [0.15, 0.2) is 72.8 Å². The zero-order valence-electron chi connectivity index (χ0n) is 58.9. The fourth-order valence-electron chi connectivity index (χ4n) is 12.3. The number of benzene rings is 6. The lowest BCUT2D eigenvalue weighted by Crippen LogP contribution is -2.32. The molecule has 0 aromatic heterocycles. The molecule has 0 saturated heterocycles. The SMILES string of the molecule is CCC(CO)(CO)CO.Cc1cc(C)c(C(=O)P(=O)(CCC(=O)O)C(=O)c2c(C)cc(C)cc2C)c(C)c1.Cc1cc(C)c(C(=O)P(=O)(CCC(=O)O)C(=O)c2c(C)cc(C)cc2C)c(C)c1.Cc1cc(C)c(C(=O)P(=O)(CCC(=O)O)C(=O)c2c(C)cc(C)cc2C)c(C)c1. The molecule has 518 valence electrons. The predicted molar refractivity (Wildman–Crippen MR) is 378 cm³/mol. The summed E-state index contributed by atoms with van der Waals surface area (Å²) in [6, 6.07) is 21.6. The molecule has 0 aliphatic heterocycles. The molecule has 6 N–H and O–H groups in total. The van der Waals surface area contributed by atoms with Gasteiger partial charge in [-0.1, -0.05) is 113 Å². The third-order valence-electron chi connectivity index (χ3n) is 17.0. The smallest absolute Gasteiger partial charge is 0.303 e. The maximum absolute atomic E-state index is 13.9. The van der Waals surface area contributed by atoms with E-state index in [0.29, 0.717) is 73.2 Å². The van der Waals surface area contributed by atoms with Gasteiger partial charge in [-0.25, -0.2) is 0 Å². The lowest BCUT2D eigenvalue weighted by molar-refractivity contribution is -0.137. The molecule has 0 aliphatic carbocycles. The molecule has 0 amide bonds. The standard InChI is InChI=1S/3C23H27O5P.C6H14O3/c3*1-13-9-15(3)20(16(4)10-13)22(26)29(28,8-7-19(24)25)23(27)21-17(5)11-14(2)12-18(21)6;1-2-6(3-7,4-8)5-9/h3*9-12H,7-8H2,1-6H3,(H,24,25);7-9H,2-5H2,1H3. The summed E-state index contributed by atoms with van der Waals surface area (Å²) in [5, 5.41) is 53.4. The van der Waals surface area contributed by atoms with Gasteiger partial charge < -0.3 is 44.3 Å². The molecule has 0 unspecified atom stereocenters. The van der Waals surface area contributed by atoms with Crippen LogP contribution in [0, 0.1) is 130 Å². The Morgan fingerprint density at radius 3 is 0.490 bits per heavy atom. The van der Waals surface area contributed by atoms with Crippen molar-refractivity contribution in [1.29, 1.82) is 0 Å². The summed E-state index contributed by atoms with van der Waals surface area (Å²) in [5.41, 5.74) is 9.63. The van der Waals surface area contributed by atoms with Crippen LogP contribution in [0.25, 0.3) is 0 Å². The van der Waals surface area contributed by atoms with Crippen LogP contribution < -0.4 is 0 Å². The number of carbonyl (C=O) groups excluding carboxylic acids is 6. The molecule has 0 spiro atoms. The van der Waals surface area contributed by atoms with Gasteiger partial charge in [0.25, 0.3) is 0 Å². The maximum atomic E-state index is 13.9. The Hall–Kier alpha value is -7.68. The largest absolute Gasteiger partial charge is 0.481 e. The second kappa shape index (κ2) is 34.5. The average molecular weight is 1380 g/mol. The molecule has 6 aromatic rings. The molecule has 0 bridgehead atoms.